The molecule has 2 N–H and O–H groups in total. The van der Waals surface area contributed by atoms with E-state index in [0.717, 1.165) is 43.4 Å². The van der Waals surface area contributed by atoms with Gasteiger partial charge in [0, 0.05) is 19.5 Å². The van der Waals surface area contributed by atoms with Crippen molar-refractivity contribution >= 4 is 29.9 Å². The number of fused-ring (bicyclic) bond motifs is 1. The Morgan fingerprint density at radius 3 is 2.81 bits per heavy atom. The van der Waals surface area contributed by atoms with E-state index >= 15 is 0 Å². The fourth-order valence-corrected chi connectivity index (χ4v) is 2.58. The van der Waals surface area contributed by atoms with Gasteiger partial charge in [-0.05, 0) is 32.4 Å². The molecule has 2 heterocycles. The van der Waals surface area contributed by atoms with Crippen molar-refractivity contribution in [1.29, 1.82) is 0 Å². The zero-order valence-electron chi connectivity index (χ0n) is 15.6. The molecule has 8 nitrogen and oxygen atoms in total. The first kappa shape index (κ1) is 21.3. The zero-order valence-corrected chi connectivity index (χ0v) is 17.9. The minimum Gasteiger partial charge on any atom is -0.486 e. The highest BCUT2D eigenvalue weighted by Gasteiger charge is 2.20. The van der Waals surface area contributed by atoms with Gasteiger partial charge in [0.1, 0.15) is 6.61 Å². The van der Waals surface area contributed by atoms with Crippen LogP contribution in [-0.2, 0) is 6.42 Å². The lowest BCUT2D eigenvalue weighted by atomic mass is 10.2. The summed E-state index contributed by atoms with van der Waals surface area (Å²) in [5.74, 6) is 3.65. The van der Waals surface area contributed by atoms with Crippen LogP contribution in [0.1, 0.15) is 25.1 Å². The normalized spacial score (nSPS) is 15.8. The number of hydrogen-bond donors (Lipinski definition) is 2. The maximum Gasteiger partial charge on any atom is 0.226 e. The van der Waals surface area contributed by atoms with Crippen LogP contribution >= 0.6 is 24.0 Å². The molecule has 1 atom stereocenters. The molecule has 0 amide bonds. The van der Waals surface area contributed by atoms with Crippen molar-refractivity contribution in [3.05, 3.63) is 36.0 Å². The monoisotopic (exact) mass is 487 g/mol. The standard InChI is InChI=1S/C18H25N5O3.HI/c1-3-19-18(20-10-6-9-17-22-13(2)23-26-17)21-11-14-12-24-15-7-4-5-8-16(15)25-14;/h4-5,7-8,14H,3,6,9-12H2,1-2H3,(H2,19,20,21);1H. The van der Waals surface area contributed by atoms with Gasteiger partial charge in [0.25, 0.3) is 0 Å². The molecule has 0 bridgehead atoms. The van der Waals surface area contributed by atoms with E-state index in [2.05, 4.69) is 25.8 Å². The summed E-state index contributed by atoms with van der Waals surface area (Å²) in [5.41, 5.74) is 0. The molecule has 3 rings (SSSR count). The lowest BCUT2D eigenvalue weighted by Crippen LogP contribution is -2.40. The molecule has 0 saturated carbocycles. The van der Waals surface area contributed by atoms with Crippen molar-refractivity contribution in [3.63, 3.8) is 0 Å². The number of ether oxygens (including phenoxy) is 2. The van der Waals surface area contributed by atoms with Gasteiger partial charge in [0.15, 0.2) is 29.4 Å². The Hall–Kier alpha value is -2.04. The highest BCUT2D eigenvalue weighted by molar-refractivity contribution is 14.0. The third kappa shape index (κ3) is 6.56. The quantitative estimate of drug-likeness (QED) is 0.268. The number of halogens is 1. The Morgan fingerprint density at radius 1 is 1.26 bits per heavy atom. The van der Waals surface area contributed by atoms with E-state index in [1.807, 2.05) is 38.1 Å². The Kier molecular flexibility index (Phi) is 8.62. The SMILES string of the molecule is CCNC(=NCC1COc2ccccc2O1)NCCCc1nc(C)no1.I. The predicted octanol–water partition coefficient (Wildman–Crippen LogP) is 2.32. The van der Waals surface area contributed by atoms with Crippen LogP contribution in [0, 0.1) is 6.92 Å². The summed E-state index contributed by atoms with van der Waals surface area (Å²) in [7, 11) is 0. The topological polar surface area (TPSA) is 93.8 Å². The summed E-state index contributed by atoms with van der Waals surface area (Å²) in [4.78, 5) is 8.79. The van der Waals surface area contributed by atoms with Crippen molar-refractivity contribution in [2.45, 2.75) is 32.8 Å². The minimum atomic E-state index is -0.0956. The molecule has 9 heteroatoms. The van der Waals surface area contributed by atoms with Gasteiger partial charge >= 0.3 is 0 Å². The average Bonchev–Trinajstić information content (AvgIpc) is 3.08. The molecule has 0 saturated heterocycles. The first-order valence-corrected chi connectivity index (χ1v) is 8.94. The maximum absolute atomic E-state index is 5.93. The number of aromatic nitrogens is 2. The van der Waals surface area contributed by atoms with Gasteiger partial charge in [0.05, 0.1) is 6.54 Å². The Labute approximate surface area is 176 Å². The summed E-state index contributed by atoms with van der Waals surface area (Å²) in [6, 6.07) is 7.69. The molecule has 0 fully saturated rings. The number of rotatable bonds is 7. The van der Waals surface area contributed by atoms with Crippen molar-refractivity contribution < 1.29 is 14.0 Å². The molecule has 0 spiro atoms. The van der Waals surface area contributed by atoms with E-state index in [9.17, 15) is 0 Å². The molecular formula is C18H26IN5O3. The second kappa shape index (κ2) is 11.0. The van der Waals surface area contributed by atoms with E-state index < -0.39 is 0 Å². The number of para-hydroxylation sites is 2. The van der Waals surface area contributed by atoms with Crippen molar-refractivity contribution in [2.24, 2.45) is 4.99 Å². The molecule has 0 aliphatic carbocycles. The highest BCUT2D eigenvalue weighted by atomic mass is 127. The third-order valence-electron chi connectivity index (χ3n) is 3.79. The van der Waals surface area contributed by atoms with E-state index in [1.54, 1.807) is 0 Å². The van der Waals surface area contributed by atoms with E-state index in [0.29, 0.717) is 24.9 Å². The minimum absolute atomic E-state index is 0. The van der Waals surface area contributed by atoms with Gasteiger partial charge in [-0.3, -0.25) is 0 Å². The van der Waals surface area contributed by atoms with Crippen LogP contribution < -0.4 is 20.1 Å². The maximum atomic E-state index is 5.93. The number of nitrogens with zero attached hydrogens (tertiary/aromatic N) is 3. The van der Waals surface area contributed by atoms with Gasteiger partial charge in [-0.15, -0.1) is 24.0 Å². The van der Waals surface area contributed by atoms with Crippen LogP contribution in [0.2, 0.25) is 0 Å². The first-order chi connectivity index (χ1) is 12.7. The summed E-state index contributed by atoms with van der Waals surface area (Å²) in [6.07, 6.45) is 1.52. The number of aliphatic imine (C=N–C) groups is 1. The second-order valence-electron chi connectivity index (χ2n) is 5.98. The molecule has 1 aromatic carbocycles. The average molecular weight is 487 g/mol. The van der Waals surface area contributed by atoms with Gasteiger partial charge < -0.3 is 24.6 Å². The van der Waals surface area contributed by atoms with Crippen LogP contribution in [-0.4, -0.2) is 48.4 Å². The van der Waals surface area contributed by atoms with Crippen LogP contribution in [0.25, 0.3) is 0 Å². The summed E-state index contributed by atoms with van der Waals surface area (Å²) in [5, 5.41) is 10.3. The molecule has 1 aliphatic heterocycles. The fourth-order valence-electron chi connectivity index (χ4n) is 2.58. The Balaban J connectivity index is 0.00000261. The number of aryl methyl sites for hydroxylation is 2. The smallest absolute Gasteiger partial charge is 0.226 e. The number of guanidine groups is 1. The van der Waals surface area contributed by atoms with E-state index in [4.69, 9.17) is 14.0 Å². The van der Waals surface area contributed by atoms with Crippen LogP contribution in [0.15, 0.2) is 33.8 Å². The summed E-state index contributed by atoms with van der Waals surface area (Å²) >= 11 is 0. The number of hydrogen-bond acceptors (Lipinski definition) is 6. The van der Waals surface area contributed by atoms with Gasteiger partial charge in [-0.2, -0.15) is 4.98 Å². The van der Waals surface area contributed by atoms with Crippen LogP contribution in [0.4, 0.5) is 0 Å². The van der Waals surface area contributed by atoms with E-state index in [1.165, 1.54) is 0 Å². The molecule has 148 valence electrons. The van der Waals surface area contributed by atoms with Gasteiger partial charge in [-0.1, -0.05) is 17.3 Å². The molecule has 1 aliphatic rings. The third-order valence-corrected chi connectivity index (χ3v) is 3.79. The summed E-state index contributed by atoms with van der Waals surface area (Å²) in [6.45, 7) is 6.42. The first-order valence-electron chi connectivity index (χ1n) is 8.94. The Bertz CT molecular complexity index is 737. The van der Waals surface area contributed by atoms with Crippen LogP contribution in [0.5, 0.6) is 11.5 Å². The van der Waals surface area contributed by atoms with Crippen molar-refractivity contribution in [1.82, 2.24) is 20.8 Å². The molecule has 0 radical (unpaired) electrons. The second-order valence-corrected chi connectivity index (χ2v) is 5.98. The largest absolute Gasteiger partial charge is 0.486 e. The molecule has 27 heavy (non-hydrogen) atoms. The van der Waals surface area contributed by atoms with Crippen LogP contribution in [0.3, 0.4) is 0 Å². The zero-order chi connectivity index (χ0) is 18.2. The molecule has 2 aromatic rings. The predicted molar refractivity (Wildman–Crippen MR) is 113 cm³/mol. The number of nitrogens with one attached hydrogen (secondary N) is 2. The molecular weight excluding hydrogens is 461 g/mol. The highest BCUT2D eigenvalue weighted by Crippen LogP contribution is 2.30. The summed E-state index contributed by atoms with van der Waals surface area (Å²) < 4.78 is 16.8. The fraction of sp³-hybridized carbons (Fsp3) is 0.500. The number of benzene rings is 1. The Morgan fingerprint density at radius 2 is 2.07 bits per heavy atom. The van der Waals surface area contributed by atoms with Gasteiger partial charge in [0.2, 0.25) is 5.89 Å². The lowest BCUT2D eigenvalue weighted by molar-refractivity contribution is 0.0971. The lowest BCUT2D eigenvalue weighted by Gasteiger charge is -2.25. The van der Waals surface area contributed by atoms with E-state index in [-0.39, 0.29) is 30.1 Å². The van der Waals surface area contributed by atoms with Crippen molar-refractivity contribution in [2.75, 3.05) is 26.2 Å². The molecule has 1 unspecified atom stereocenters. The van der Waals surface area contributed by atoms with Crippen molar-refractivity contribution in [3.8, 4) is 11.5 Å². The van der Waals surface area contributed by atoms with Gasteiger partial charge in [-0.25, -0.2) is 4.99 Å². The molecule has 1 aromatic heterocycles.